The van der Waals surface area contributed by atoms with Gasteiger partial charge >= 0.3 is 5.97 Å². The van der Waals surface area contributed by atoms with Crippen molar-refractivity contribution < 1.29 is 23.8 Å². The lowest BCUT2D eigenvalue weighted by molar-refractivity contribution is -0.127. The summed E-state index contributed by atoms with van der Waals surface area (Å²) in [6.07, 6.45) is 5.88. The van der Waals surface area contributed by atoms with Gasteiger partial charge in [-0.05, 0) is 31.9 Å². The minimum atomic E-state index is -0.969. The largest absolute Gasteiger partial charge is 0.496 e. The summed E-state index contributed by atoms with van der Waals surface area (Å²) in [6.45, 7) is 1.59. The highest BCUT2D eigenvalue weighted by molar-refractivity contribution is 7.13. The van der Waals surface area contributed by atoms with Crippen LogP contribution in [0.3, 0.4) is 0 Å². The second kappa shape index (κ2) is 9.73. The van der Waals surface area contributed by atoms with Gasteiger partial charge in [-0.3, -0.25) is 9.69 Å². The molecule has 156 valence electrons. The monoisotopic (exact) mass is 418 g/mol. The molecular formula is C21H26N2O5S. The van der Waals surface area contributed by atoms with Crippen LogP contribution in [0.1, 0.15) is 49.4 Å². The number of amides is 1. The normalized spacial score (nSPS) is 15.4. The smallest absolute Gasteiger partial charge is 0.346 e. The van der Waals surface area contributed by atoms with E-state index >= 15 is 0 Å². The SMILES string of the molecule is COc1cccc(OC)c1C(=O)OC(C)C(=O)N(c1nccs1)C1CCCCC1. The third-order valence-electron chi connectivity index (χ3n) is 5.07. The van der Waals surface area contributed by atoms with Gasteiger partial charge in [-0.15, -0.1) is 11.3 Å². The Hall–Kier alpha value is -2.61. The number of carbonyl (C=O) groups excluding carboxylic acids is 2. The molecule has 1 saturated carbocycles. The van der Waals surface area contributed by atoms with Crippen molar-refractivity contribution in [2.45, 2.75) is 51.2 Å². The lowest BCUT2D eigenvalue weighted by atomic mass is 9.94. The number of thiazole rings is 1. The topological polar surface area (TPSA) is 78.0 Å². The first-order valence-corrected chi connectivity index (χ1v) is 10.6. The van der Waals surface area contributed by atoms with E-state index in [2.05, 4.69) is 4.98 Å². The quantitative estimate of drug-likeness (QED) is 0.631. The number of esters is 1. The molecule has 7 nitrogen and oxygen atoms in total. The average molecular weight is 419 g/mol. The van der Waals surface area contributed by atoms with Crippen molar-refractivity contribution in [1.82, 2.24) is 4.98 Å². The van der Waals surface area contributed by atoms with Crippen molar-refractivity contribution in [3.63, 3.8) is 0 Å². The van der Waals surface area contributed by atoms with Crippen LogP contribution in [-0.4, -0.2) is 43.2 Å². The van der Waals surface area contributed by atoms with E-state index in [0.717, 1.165) is 25.7 Å². The zero-order chi connectivity index (χ0) is 20.8. The number of carbonyl (C=O) groups is 2. The van der Waals surface area contributed by atoms with Gasteiger partial charge in [-0.25, -0.2) is 9.78 Å². The van der Waals surface area contributed by atoms with E-state index in [9.17, 15) is 9.59 Å². The maximum atomic E-state index is 13.3. The molecule has 0 N–H and O–H groups in total. The number of rotatable bonds is 7. The molecule has 1 fully saturated rings. The van der Waals surface area contributed by atoms with E-state index in [1.54, 1.807) is 36.2 Å². The van der Waals surface area contributed by atoms with E-state index in [4.69, 9.17) is 14.2 Å². The molecule has 2 aromatic rings. The molecule has 8 heteroatoms. The van der Waals surface area contributed by atoms with Gasteiger partial charge in [0.1, 0.15) is 17.1 Å². The Morgan fingerprint density at radius 1 is 1.14 bits per heavy atom. The molecule has 0 spiro atoms. The number of benzene rings is 1. The van der Waals surface area contributed by atoms with Crippen molar-refractivity contribution in [2.75, 3.05) is 19.1 Å². The second-order valence-corrected chi connectivity index (χ2v) is 7.77. The van der Waals surface area contributed by atoms with Gasteiger partial charge in [0.25, 0.3) is 5.91 Å². The van der Waals surface area contributed by atoms with Crippen LogP contribution in [-0.2, 0) is 9.53 Å². The second-order valence-electron chi connectivity index (χ2n) is 6.90. The Labute approximate surface area is 174 Å². The van der Waals surface area contributed by atoms with Crippen LogP contribution >= 0.6 is 11.3 Å². The van der Waals surface area contributed by atoms with Crippen molar-refractivity contribution in [3.05, 3.63) is 35.3 Å². The molecule has 0 bridgehead atoms. The van der Waals surface area contributed by atoms with Crippen LogP contribution in [0.5, 0.6) is 11.5 Å². The minimum absolute atomic E-state index is 0.0735. The molecule has 1 aromatic heterocycles. The highest BCUT2D eigenvalue weighted by Gasteiger charge is 2.34. The standard InChI is InChI=1S/C21H26N2O5S/c1-14(28-20(25)18-16(26-2)10-7-11-17(18)27-3)19(24)23(21-22-12-13-29-21)15-8-5-4-6-9-15/h7,10-15H,4-6,8-9H2,1-3H3. The summed E-state index contributed by atoms with van der Waals surface area (Å²) in [5.74, 6) is -0.270. The Bertz CT molecular complexity index is 811. The Kier molecular flexibility index (Phi) is 7.09. The maximum absolute atomic E-state index is 13.3. The molecule has 1 aliphatic carbocycles. The molecule has 3 rings (SSSR count). The first-order valence-electron chi connectivity index (χ1n) is 9.71. The molecule has 1 unspecified atom stereocenters. The predicted octanol–water partition coefficient (Wildman–Crippen LogP) is 4.07. The summed E-state index contributed by atoms with van der Waals surface area (Å²) in [5, 5.41) is 2.48. The van der Waals surface area contributed by atoms with Gasteiger partial charge in [0.15, 0.2) is 11.2 Å². The van der Waals surface area contributed by atoms with E-state index in [0.29, 0.717) is 16.6 Å². The molecule has 1 heterocycles. The van der Waals surface area contributed by atoms with Crippen LogP contribution in [0.15, 0.2) is 29.8 Å². The Morgan fingerprint density at radius 3 is 2.34 bits per heavy atom. The van der Waals surface area contributed by atoms with Gasteiger partial charge in [-0.1, -0.05) is 25.3 Å². The van der Waals surface area contributed by atoms with Crippen molar-refractivity contribution >= 4 is 28.3 Å². The molecule has 0 aliphatic heterocycles. The van der Waals surface area contributed by atoms with E-state index in [-0.39, 0.29) is 17.5 Å². The number of methoxy groups -OCH3 is 2. The van der Waals surface area contributed by atoms with E-state index in [1.807, 2.05) is 5.38 Å². The summed E-state index contributed by atoms with van der Waals surface area (Å²) >= 11 is 1.41. The van der Waals surface area contributed by atoms with Gasteiger partial charge in [0, 0.05) is 17.6 Å². The fourth-order valence-electron chi connectivity index (χ4n) is 3.62. The first kappa shape index (κ1) is 21.1. The van der Waals surface area contributed by atoms with Gasteiger partial charge in [0.05, 0.1) is 14.2 Å². The zero-order valence-electron chi connectivity index (χ0n) is 16.9. The number of hydrogen-bond acceptors (Lipinski definition) is 7. The summed E-state index contributed by atoms with van der Waals surface area (Å²) in [6, 6.07) is 5.09. The van der Waals surface area contributed by atoms with Gasteiger partial charge < -0.3 is 14.2 Å². The Balaban J connectivity index is 1.80. The highest BCUT2D eigenvalue weighted by atomic mass is 32.1. The van der Waals surface area contributed by atoms with E-state index in [1.165, 1.54) is 32.0 Å². The van der Waals surface area contributed by atoms with Crippen LogP contribution in [0.2, 0.25) is 0 Å². The number of aromatic nitrogens is 1. The summed E-state index contributed by atoms with van der Waals surface area (Å²) in [5.41, 5.74) is 0.163. The van der Waals surface area contributed by atoms with Crippen molar-refractivity contribution in [2.24, 2.45) is 0 Å². The number of ether oxygens (including phenoxy) is 3. The minimum Gasteiger partial charge on any atom is -0.496 e. The summed E-state index contributed by atoms with van der Waals surface area (Å²) < 4.78 is 16.1. The van der Waals surface area contributed by atoms with E-state index < -0.39 is 12.1 Å². The highest BCUT2D eigenvalue weighted by Crippen LogP contribution is 2.31. The van der Waals surface area contributed by atoms with Crippen LogP contribution in [0.4, 0.5) is 5.13 Å². The molecule has 1 aromatic carbocycles. The lowest BCUT2D eigenvalue weighted by Gasteiger charge is -2.33. The molecule has 1 atom stereocenters. The maximum Gasteiger partial charge on any atom is 0.346 e. The number of nitrogens with zero attached hydrogens (tertiary/aromatic N) is 2. The molecule has 1 aliphatic rings. The first-order chi connectivity index (χ1) is 14.1. The van der Waals surface area contributed by atoms with Gasteiger partial charge in [-0.2, -0.15) is 0 Å². The molecule has 0 saturated heterocycles. The molecule has 29 heavy (non-hydrogen) atoms. The average Bonchev–Trinajstić information content (AvgIpc) is 3.28. The fraction of sp³-hybridized carbons (Fsp3) is 0.476. The lowest BCUT2D eigenvalue weighted by Crippen LogP contribution is -2.47. The third-order valence-corrected chi connectivity index (χ3v) is 5.84. The van der Waals surface area contributed by atoms with Crippen LogP contribution in [0, 0.1) is 0 Å². The van der Waals surface area contributed by atoms with Crippen molar-refractivity contribution in [3.8, 4) is 11.5 Å². The number of hydrogen-bond donors (Lipinski definition) is 0. The van der Waals surface area contributed by atoms with Crippen LogP contribution in [0.25, 0.3) is 0 Å². The Morgan fingerprint density at radius 2 is 1.79 bits per heavy atom. The molecule has 0 radical (unpaired) electrons. The molecular weight excluding hydrogens is 392 g/mol. The number of anilines is 1. The molecule has 1 amide bonds. The predicted molar refractivity (Wildman–Crippen MR) is 111 cm³/mol. The third kappa shape index (κ3) is 4.70. The zero-order valence-corrected chi connectivity index (χ0v) is 17.7. The van der Waals surface area contributed by atoms with Crippen LogP contribution < -0.4 is 14.4 Å². The van der Waals surface area contributed by atoms with Crippen molar-refractivity contribution in [1.29, 1.82) is 0 Å². The fourth-order valence-corrected chi connectivity index (χ4v) is 4.34. The van der Waals surface area contributed by atoms with Gasteiger partial charge in [0.2, 0.25) is 0 Å². The summed E-state index contributed by atoms with van der Waals surface area (Å²) in [7, 11) is 2.93. The summed E-state index contributed by atoms with van der Waals surface area (Å²) in [4.78, 5) is 32.1.